The number of hydrogen-bond acceptors (Lipinski definition) is 3. The van der Waals surface area contributed by atoms with Crippen LogP contribution < -0.4 is 10.1 Å². The van der Waals surface area contributed by atoms with Gasteiger partial charge in [0.1, 0.15) is 0 Å². The molecule has 2 aliphatic rings. The van der Waals surface area contributed by atoms with E-state index in [0.717, 1.165) is 12.8 Å². The Morgan fingerprint density at radius 3 is 2.75 bits per heavy atom. The second-order valence-corrected chi connectivity index (χ2v) is 7.01. The van der Waals surface area contributed by atoms with Crippen molar-refractivity contribution < 1.29 is 22.7 Å². The third-order valence-electron chi connectivity index (χ3n) is 5.00. The van der Waals surface area contributed by atoms with Crippen LogP contribution >= 0.6 is 0 Å². The molecule has 0 radical (unpaired) electrons. The molecule has 24 heavy (non-hydrogen) atoms. The molecule has 0 unspecified atom stereocenters. The second-order valence-electron chi connectivity index (χ2n) is 7.01. The standard InChI is InChI=1S/C17H21F3N2O2/c18-17(19,20)11-24-15-7-12(2-5-21-15)10-22-14(23)6-13-8-16(9-13)3-1-4-16/h2,5,7,13H,1,3-4,6,8-11H2,(H,22,23). The Hall–Kier alpha value is -1.79. The molecule has 4 nitrogen and oxygen atoms in total. The summed E-state index contributed by atoms with van der Waals surface area (Å²) >= 11 is 0. The van der Waals surface area contributed by atoms with Crippen molar-refractivity contribution in [2.45, 2.75) is 51.2 Å². The predicted octanol–water partition coefficient (Wildman–Crippen LogP) is 3.61. The van der Waals surface area contributed by atoms with Gasteiger partial charge in [-0.05, 0) is 48.6 Å². The smallest absolute Gasteiger partial charge is 0.422 e. The fourth-order valence-corrected chi connectivity index (χ4v) is 3.72. The van der Waals surface area contributed by atoms with E-state index >= 15 is 0 Å². The molecular formula is C17H21F3N2O2. The normalized spacial score (nSPS) is 19.5. The van der Waals surface area contributed by atoms with Crippen LogP contribution in [0.4, 0.5) is 13.2 Å². The van der Waals surface area contributed by atoms with Crippen LogP contribution in [0.3, 0.4) is 0 Å². The Bertz CT molecular complexity index is 592. The SMILES string of the molecule is O=C(CC1CC2(CCC2)C1)NCc1ccnc(OCC(F)(F)F)c1. The number of aromatic nitrogens is 1. The number of rotatable bonds is 6. The molecule has 0 saturated heterocycles. The zero-order chi connectivity index (χ0) is 17.2. The highest BCUT2D eigenvalue weighted by Crippen LogP contribution is 2.59. The number of amides is 1. The van der Waals surface area contributed by atoms with Crippen molar-refractivity contribution in [1.82, 2.24) is 10.3 Å². The molecule has 2 saturated carbocycles. The third-order valence-corrected chi connectivity index (χ3v) is 5.00. The van der Waals surface area contributed by atoms with E-state index in [1.54, 1.807) is 6.07 Å². The maximum atomic E-state index is 12.1. The van der Waals surface area contributed by atoms with Crippen LogP contribution in [0.2, 0.25) is 0 Å². The van der Waals surface area contributed by atoms with Gasteiger partial charge in [-0.15, -0.1) is 0 Å². The van der Waals surface area contributed by atoms with Crippen LogP contribution in [-0.4, -0.2) is 23.7 Å². The molecule has 1 amide bonds. The zero-order valence-electron chi connectivity index (χ0n) is 13.4. The lowest BCUT2D eigenvalue weighted by atomic mass is 9.51. The molecular weight excluding hydrogens is 321 g/mol. The number of carbonyl (C=O) groups is 1. The molecule has 1 spiro atoms. The van der Waals surface area contributed by atoms with Crippen molar-refractivity contribution in [3.05, 3.63) is 23.9 Å². The molecule has 2 fully saturated rings. The molecule has 7 heteroatoms. The zero-order valence-corrected chi connectivity index (χ0v) is 13.4. The lowest BCUT2D eigenvalue weighted by molar-refractivity contribution is -0.154. The molecule has 1 aromatic heterocycles. The second kappa shape index (κ2) is 6.61. The number of nitrogens with zero attached hydrogens (tertiary/aromatic N) is 1. The first-order valence-electron chi connectivity index (χ1n) is 8.25. The first kappa shape index (κ1) is 17.0. The first-order valence-corrected chi connectivity index (χ1v) is 8.25. The van der Waals surface area contributed by atoms with E-state index in [1.165, 1.54) is 31.5 Å². The van der Waals surface area contributed by atoms with Gasteiger partial charge < -0.3 is 10.1 Å². The highest BCUT2D eigenvalue weighted by atomic mass is 19.4. The maximum Gasteiger partial charge on any atom is 0.422 e. The highest BCUT2D eigenvalue weighted by Gasteiger charge is 2.48. The summed E-state index contributed by atoms with van der Waals surface area (Å²) in [6, 6.07) is 3.06. The molecule has 0 aliphatic heterocycles. The summed E-state index contributed by atoms with van der Waals surface area (Å²) in [7, 11) is 0. The number of ether oxygens (including phenoxy) is 1. The third kappa shape index (κ3) is 4.39. The topological polar surface area (TPSA) is 51.2 Å². The largest absolute Gasteiger partial charge is 0.468 e. The number of halogens is 3. The summed E-state index contributed by atoms with van der Waals surface area (Å²) in [5.41, 5.74) is 1.22. The summed E-state index contributed by atoms with van der Waals surface area (Å²) in [4.78, 5) is 15.7. The predicted molar refractivity (Wildman–Crippen MR) is 81.3 cm³/mol. The number of pyridine rings is 1. The van der Waals surface area contributed by atoms with Crippen LogP contribution in [0.5, 0.6) is 5.88 Å². The Morgan fingerprint density at radius 2 is 2.12 bits per heavy atom. The lowest BCUT2D eigenvalue weighted by Gasteiger charge is -2.54. The van der Waals surface area contributed by atoms with Gasteiger partial charge in [0.15, 0.2) is 6.61 Å². The van der Waals surface area contributed by atoms with Gasteiger partial charge in [0.2, 0.25) is 11.8 Å². The van der Waals surface area contributed by atoms with E-state index < -0.39 is 12.8 Å². The molecule has 0 aromatic carbocycles. The lowest BCUT2D eigenvalue weighted by Crippen LogP contribution is -2.44. The van der Waals surface area contributed by atoms with Gasteiger partial charge in [0.25, 0.3) is 0 Å². The monoisotopic (exact) mass is 342 g/mol. The molecule has 1 aromatic rings. The van der Waals surface area contributed by atoms with Crippen molar-refractivity contribution >= 4 is 5.91 Å². The van der Waals surface area contributed by atoms with Crippen LogP contribution in [0.25, 0.3) is 0 Å². The van der Waals surface area contributed by atoms with Crippen LogP contribution in [0.15, 0.2) is 18.3 Å². The Labute approximate surface area is 138 Å². The molecule has 0 atom stereocenters. The van der Waals surface area contributed by atoms with Crippen LogP contribution in [0.1, 0.15) is 44.1 Å². The van der Waals surface area contributed by atoms with Crippen molar-refractivity contribution in [2.75, 3.05) is 6.61 Å². The fraction of sp³-hybridized carbons (Fsp3) is 0.647. The van der Waals surface area contributed by atoms with E-state index in [4.69, 9.17) is 0 Å². The van der Waals surface area contributed by atoms with E-state index in [2.05, 4.69) is 15.0 Å². The quantitative estimate of drug-likeness (QED) is 0.859. The van der Waals surface area contributed by atoms with Gasteiger partial charge >= 0.3 is 6.18 Å². The van der Waals surface area contributed by atoms with E-state index in [0.29, 0.717) is 23.3 Å². The Kier molecular flexibility index (Phi) is 4.69. The van der Waals surface area contributed by atoms with Crippen LogP contribution in [0, 0.1) is 11.3 Å². The van der Waals surface area contributed by atoms with Gasteiger partial charge in [-0.1, -0.05) is 6.42 Å². The Morgan fingerprint density at radius 1 is 1.38 bits per heavy atom. The van der Waals surface area contributed by atoms with Gasteiger partial charge in [0, 0.05) is 25.2 Å². The number of nitrogens with one attached hydrogen (secondary N) is 1. The van der Waals surface area contributed by atoms with E-state index in [-0.39, 0.29) is 18.3 Å². The molecule has 3 rings (SSSR count). The summed E-state index contributed by atoms with van der Waals surface area (Å²) < 4.78 is 41.0. The van der Waals surface area contributed by atoms with Crippen molar-refractivity contribution in [2.24, 2.45) is 11.3 Å². The summed E-state index contributed by atoms with van der Waals surface area (Å²) in [5, 5.41) is 2.82. The van der Waals surface area contributed by atoms with Gasteiger partial charge in [-0.25, -0.2) is 4.98 Å². The molecule has 132 valence electrons. The number of alkyl halides is 3. The van der Waals surface area contributed by atoms with Gasteiger partial charge in [0.05, 0.1) is 0 Å². The van der Waals surface area contributed by atoms with Crippen molar-refractivity contribution in [3.63, 3.8) is 0 Å². The highest BCUT2D eigenvalue weighted by molar-refractivity contribution is 5.76. The summed E-state index contributed by atoms with van der Waals surface area (Å²) in [6.45, 7) is -1.11. The van der Waals surface area contributed by atoms with Crippen molar-refractivity contribution in [1.29, 1.82) is 0 Å². The van der Waals surface area contributed by atoms with E-state index in [1.807, 2.05) is 0 Å². The molecule has 2 aliphatic carbocycles. The van der Waals surface area contributed by atoms with Gasteiger partial charge in [-0.2, -0.15) is 13.2 Å². The fourth-order valence-electron chi connectivity index (χ4n) is 3.72. The summed E-state index contributed by atoms with van der Waals surface area (Å²) in [6.07, 6.45) is 3.76. The molecule has 1 heterocycles. The Balaban J connectivity index is 1.40. The molecule has 0 bridgehead atoms. The minimum Gasteiger partial charge on any atom is -0.468 e. The number of carbonyl (C=O) groups excluding carboxylic acids is 1. The first-order chi connectivity index (χ1) is 11.3. The van der Waals surface area contributed by atoms with Crippen LogP contribution in [-0.2, 0) is 11.3 Å². The minimum atomic E-state index is -4.40. The van der Waals surface area contributed by atoms with Crippen molar-refractivity contribution in [3.8, 4) is 5.88 Å². The maximum absolute atomic E-state index is 12.1. The average Bonchev–Trinajstić information content (AvgIpc) is 2.44. The minimum absolute atomic E-state index is 0.0104. The average molecular weight is 342 g/mol. The molecule has 1 N–H and O–H groups in total. The number of hydrogen-bond donors (Lipinski definition) is 1. The van der Waals surface area contributed by atoms with E-state index in [9.17, 15) is 18.0 Å². The van der Waals surface area contributed by atoms with Gasteiger partial charge in [-0.3, -0.25) is 4.79 Å². The summed E-state index contributed by atoms with van der Waals surface area (Å²) in [5.74, 6) is 0.377.